The Morgan fingerprint density at radius 1 is 0.467 bits per heavy atom. The van der Waals surface area contributed by atoms with Crippen molar-refractivity contribution in [1.29, 1.82) is 0 Å². The summed E-state index contributed by atoms with van der Waals surface area (Å²) in [6.45, 7) is 0. The first-order valence-electron chi connectivity index (χ1n) is 9.93. The minimum absolute atomic E-state index is 0.949. The van der Waals surface area contributed by atoms with Crippen molar-refractivity contribution in [2.24, 2.45) is 0 Å². The molecule has 2 nitrogen and oxygen atoms in total. The molecule has 0 N–H and O–H groups in total. The van der Waals surface area contributed by atoms with Crippen LogP contribution in [0, 0.1) is 0 Å². The van der Waals surface area contributed by atoms with Crippen LogP contribution in [-0.4, -0.2) is 9.97 Å². The average Bonchev–Trinajstić information content (AvgIpc) is 2.85. The van der Waals surface area contributed by atoms with Crippen LogP contribution in [0.5, 0.6) is 0 Å². The Morgan fingerprint density at radius 2 is 0.867 bits per heavy atom. The Kier molecular flexibility index (Phi) is 6.39. The quantitative estimate of drug-likeness (QED) is 0.315. The van der Waals surface area contributed by atoms with Crippen molar-refractivity contribution in [3.8, 4) is 0 Å². The third-order valence-electron chi connectivity index (χ3n) is 4.66. The third-order valence-corrected chi connectivity index (χ3v) is 4.66. The maximum absolute atomic E-state index is 4.12. The summed E-state index contributed by atoms with van der Waals surface area (Å²) >= 11 is 0. The maximum Gasteiger partial charge on any atom is 0.0886 e. The fourth-order valence-electron chi connectivity index (χ4n) is 3.19. The lowest BCUT2D eigenvalue weighted by Crippen LogP contribution is -1.87. The first-order valence-corrected chi connectivity index (χ1v) is 9.93. The zero-order valence-electron chi connectivity index (χ0n) is 16.6. The lowest BCUT2D eigenvalue weighted by Gasteiger charge is -2.08. The van der Waals surface area contributed by atoms with Crippen LogP contribution in [0.25, 0.3) is 22.7 Å². The molecule has 5 aromatic rings. The second-order valence-corrected chi connectivity index (χ2v) is 6.75. The second kappa shape index (κ2) is 9.94. The van der Waals surface area contributed by atoms with Gasteiger partial charge in [-0.25, -0.2) is 0 Å². The molecule has 0 bridgehead atoms. The van der Waals surface area contributed by atoms with E-state index in [1.54, 1.807) is 12.4 Å². The normalized spacial score (nSPS) is 10.0. The van der Waals surface area contributed by atoms with Gasteiger partial charge in [0.2, 0.25) is 0 Å². The highest BCUT2D eigenvalue weighted by Crippen LogP contribution is 2.25. The Balaban J connectivity index is 0.000000181. The summed E-state index contributed by atoms with van der Waals surface area (Å²) in [4.78, 5) is 8.24. The number of benzene rings is 4. The smallest absolute Gasteiger partial charge is 0.0886 e. The van der Waals surface area contributed by atoms with Gasteiger partial charge in [0, 0.05) is 12.4 Å². The zero-order chi connectivity index (χ0) is 20.4. The molecule has 1 heterocycles. The van der Waals surface area contributed by atoms with Gasteiger partial charge in [0.25, 0.3) is 0 Å². The van der Waals surface area contributed by atoms with Crippen LogP contribution < -0.4 is 0 Å². The second-order valence-electron chi connectivity index (χ2n) is 6.75. The molecule has 5 rings (SSSR count). The fraction of sp³-hybridized carbons (Fsp3) is 0. The van der Waals surface area contributed by atoms with E-state index >= 15 is 0 Å². The third kappa shape index (κ3) is 5.06. The van der Waals surface area contributed by atoms with Crippen LogP contribution in [0.2, 0.25) is 0 Å². The molecule has 30 heavy (non-hydrogen) atoms. The summed E-state index contributed by atoms with van der Waals surface area (Å²) in [5, 5.41) is 0. The van der Waals surface area contributed by atoms with Gasteiger partial charge < -0.3 is 0 Å². The number of hydrogen-bond donors (Lipinski definition) is 0. The van der Waals surface area contributed by atoms with Crippen LogP contribution in [0.15, 0.2) is 128 Å². The standard InChI is InChI=1S/C20H16.C8H6N2/c1-4-10-17(11-5-1)16-20(18-12-6-2-7-13-18)19-14-8-3-9-15-19;1-2-4-8-7(3-1)9-5-6-10-8/h1-16H;1-6H. The molecule has 144 valence electrons. The van der Waals surface area contributed by atoms with Gasteiger partial charge in [-0.05, 0) is 40.5 Å². The van der Waals surface area contributed by atoms with E-state index in [0.717, 1.165) is 11.0 Å². The molecule has 0 saturated carbocycles. The number of para-hydroxylation sites is 2. The molecule has 0 radical (unpaired) electrons. The molecule has 4 aromatic carbocycles. The minimum Gasteiger partial charge on any atom is -0.253 e. The van der Waals surface area contributed by atoms with Gasteiger partial charge in [0.05, 0.1) is 11.0 Å². The molecule has 0 spiro atoms. The number of fused-ring (bicyclic) bond motifs is 1. The highest BCUT2D eigenvalue weighted by atomic mass is 14.8. The Bertz CT molecular complexity index is 1110. The highest BCUT2D eigenvalue weighted by molar-refractivity contribution is 5.91. The van der Waals surface area contributed by atoms with E-state index in [0.29, 0.717) is 0 Å². The van der Waals surface area contributed by atoms with Gasteiger partial charge in [-0.1, -0.05) is 103 Å². The molecule has 0 atom stereocenters. The van der Waals surface area contributed by atoms with Crippen LogP contribution in [0.4, 0.5) is 0 Å². The molecule has 0 amide bonds. The lowest BCUT2D eigenvalue weighted by molar-refractivity contribution is 1.29. The molecule has 0 fully saturated rings. The van der Waals surface area contributed by atoms with Gasteiger partial charge in [0.15, 0.2) is 0 Å². The highest BCUT2D eigenvalue weighted by Gasteiger charge is 2.04. The molecular weight excluding hydrogens is 364 g/mol. The van der Waals surface area contributed by atoms with Gasteiger partial charge in [-0.15, -0.1) is 0 Å². The zero-order valence-corrected chi connectivity index (χ0v) is 16.6. The van der Waals surface area contributed by atoms with E-state index in [9.17, 15) is 0 Å². The Morgan fingerprint density at radius 3 is 1.33 bits per heavy atom. The van der Waals surface area contributed by atoms with Crippen LogP contribution in [0.3, 0.4) is 0 Å². The SMILES string of the molecule is C(=C(c1ccccc1)c1ccccc1)c1ccccc1.c1ccc2nccnc2c1. The molecule has 0 saturated heterocycles. The van der Waals surface area contributed by atoms with E-state index in [-0.39, 0.29) is 0 Å². The maximum atomic E-state index is 4.12. The summed E-state index contributed by atoms with van der Waals surface area (Å²) in [6.07, 6.45) is 5.63. The summed E-state index contributed by atoms with van der Waals surface area (Å²) in [6, 6.07) is 39.3. The first kappa shape index (κ1) is 19.3. The largest absolute Gasteiger partial charge is 0.253 e. The number of hydrogen-bond acceptors (Lipinski definition) is 2. The van der Waals surface area contributed by atoms with Crippen LogP contribution >= 0.6 is 0 Å². The number of aromatic nitrogens is 2. The van der Waals surface area contributed by atoms with E-state index in [4.69, 9.17) is 0 Å². The van der Waals surface area contributed by atoms with Crippen molar-refractivity contribution in [3.63, 3.8) is 0 Å². The Labute approximate surface area is 177 Å². The summed E-state index contributed by atoms with van der Waals surface area (Å²) < 4.78 is 0. The number of rotatable bonds is 3. The summed E-state index contributed by atoms with van der Waals surface area (Å²) in [5.74, 6) is 0. The van der Waals surface area contributed by atoms with Crippen molar-refractivity contribution >= 4 is 22.7 Å². The predicted octanol–water partition coefficient (Wildman–Crippen LogP) is 6.91. The van der Waals surface area contributed by atoms with Gasteiger partial charge >= 0.3 is 0 Å². The van der Waals surface area contributed by atoms with Crippen LogP contribution in [0.1, 0.15) is 16.7 Å². The monoisotopic (exact) mass is 386 g/mol. The summed E-state index contributed by atoms with van der Waals surface area (Å²) in [7, 11) is 0. The van der Waals surface area contributed by atoms with Crippen molar-refractivity contribution in [2.75, 3.05) is 0 Å². The van der Waals surface area contributed by atoms with Crippen molar-refractivity contribution in [2.45, 2.75) is 0 Å². The molecule has 0 aliphatic heterocycles. The molecule has 0 aliphatic carbocycles. The van der Waals surface area contributed by atoms with Crippen molar-refractivity contribution in [3.05, 3.63) is 144 Å². The van der Waals surface area contributed by atoms with Gasteiger partial charge in [-0.3, -0.25) is 9.97 Å². The van der Waals surface area contributed by atoms with Gasteiger partial charge in [-0.2, -0.15) is 0 Å². The van der Waals surface area contributed by atoms with E-state index in [1.807, 2.05) is 30.3 Å². The predicted molar refractivity (Wildman–Crippen MR) is 126 cm³/mol. The molecule has 0 aliphatic rings. The van der Waals surface area contributed by atoms with Crippen LogP contribution in [-0.2, 0) is 0 Å². The average molecular weight is 386 g/mol. The molecule has 1 aromatic heterocycles. The summed E-state index contributed by atoms with van der Waals surface area (Å²) in [5.41, 5.74) is 6.84. The first-order chi connectivity index (χ1) is 14.9. The molecule has 0 unspecified atom stereocenters. The lowest BCUT2D eigenvalue weighted by atomic mass is 9.96. The van der Waals surface area contributed by atoms with E-state index in [2.05, 4.69) is 101 Å². The van der Waals surface area contributed by atoms with E-state index < -0.39 is 0 Å². The van der Waals surface area contributed by atoms with Crippen molar-refractivity contribution < 1.29 is 0 Å². The molecular formula is C28H22N2. The number of nitrogens with zero attached hydrogens (tertiary/aromatic N) is 2. The Hall–Kier alpha value is -4.04. The fourth-order valence-corrected chi connectivity index (χ4v) is 3.19. The van der Waals surface area contributed by atoms with Crippen molar-refractivity contribution in [1.82, 2.24) is 9.97 Å². The topological polar surface area (TPSA) is 25.8 Å². The van der Waals surface area contributed by atoms with E-state index in [1.165, 1.54) is 22.3 Å². The van der Waals surface area contributed by atoms with Gasteiger partial charge in [0.1, 0.15) is 0 Å². The molecule has 2 heteroatoms. The minimum atomic E-state index is 0.949.